The van der Waals surface area contributed by atoms with E-state index >= 15 is 0 Å². The fourth-order valence-electron chi connectivity index (χ4n) is 2.06. The van der Waals surface area contributed by atoms with Crippen LogP contribution < -0.4 is 16.0 Å². The van der Waals surface area contributed by atoms with Crippen molar-refractivity contribution in [2.75, 3.05) is 20.6 Å². The largest absolute Gasteiger partial charge is 0.380 e. The zero-order valence-corrected chi connectivity index (χ0v) is 16.4. The monoisotopic (exact) mass is 389 g/mol. The van der Waals surface area contributed by atoms with Gasteiger partial charge in [0.05, 0.1) is 12.3 Å². The number of halogens is 1. The summed E-state index contributed by atoms with van der Waals surface area (Å²) in [6.07, 6.45) is 5.43. The third kappa shape index (κ3) is 8.82. The zero-order chi connectivity index (χ0) is 20.1. The van der Waals surface area contributed by atoms with Crippen molar-refractivity contribution in [1.82, 2.24) is 16.0 Å². The van der Waals surface area contributed by atoms with Gasteiger partial charge in [-0.25, -0.2) is 0 Å². The van der Waals surface area contributed by atoms with Crippen LogP contribution in [0.4, 0.5) is 0 Å². The Labute approximate surface area is 164 Å². The van der Waals surface area contributed by atoms with E-state index < -0.39 is 0 Å². The molecule has 1 aromatic carbocycles. The molecule has 0 aromatic heterocycles. The molecule has 0 heterocycles. The molecule has 0 unspecified atom stereocenters. The van der Waals surface area contributed by atoms with Gasteiger partial charge in [0.25, 0.3) is 0 Å². The second kappa shape index (κ2) is 12.4. The minimum Gasteiger partial charge on any atom is -0.380 e. The van der Waals surface area contributed by atoms with E-state index in [1.165, 1.54) is 6.20 Å². The maximum absolute atomic E-state index is 12.0. The Hall–Kier alpha value is -2.93. The van der Waals surface area contributed by atoms with Crippen LogP contribution in [0.15, 0.2) is 57.8 Å². The second-order valence-corrected chi connectivity index (χ2v) is 5.90. The summed E-state index contributed by atoms with van der Waals surface area (Å²) in [7, 11) is 3.26. The van der Waals surface area contributed by atoms with Crippen LogP contribution in [0, 0.1) is 0 Å². The molecule has 0 radical (unpaired) electrons. The molecule has 0 fully saturated rings. The summed E-state index contributed by atoms with van der Waals surface area (Å²) in [5.41, 5.74) is 2.97. The zero-order valence-electron chi connectivity index (χ0n) is 15.6. The van der Waals surface area contributed by atoms with Gasteiger partial charge < -0.3 is 16.0 Å². The number of hydrogen-bond acceptors (Lipinski definition) is 5. The molecule has 0 aliphatic carbocycles. The fourth-order valence-corrected chi connectivity index (χ4v) is 2.18. The van der Waals surface area contributed by atoms with Crippen molar-refractivity contribution in [3.8, 4) is 0 Å². The highest BCUT2D eigenvalue weighted by atomic mass is 35.5. The Morgan fingerprint density at radius 3 is 2.48 bits per heavy atom. The van der Waals surface area contributed by atoms with Gasteiger partial charge in [0.15, 0.2) is 0 Å². The van der Waals surface area contributed by atoms with Crippen LogP contribution in [0.25, 0.3) is 0 Å². The third-order valence-corrected chi connectivity index (χ3v) is 3.65. The molecular formula is C19H24ClN5O2. The van der Waals surface area contributed by atoms with Gasteiger partial charge in [0, 0.05) is 49.3 Å². The highest BCUT2D eigenvalue weighted by Crippen LogP contribution is 2.09. The SMILES string of the molecule is CN=C/C(=C\NC=O)C(/C=C(\C)NCC(=O)NCc1ccc(Cl)cc1)=NC. The summed E-state index contributed by atoms with van der Waals surface area (Å²) in [5, 5.41) is 8.99. The molecule has 0 aliphatic heterocycles. The van der Waals surface area contributed by atoms with Gasteiger partial charge in [-0.1, -0.05) is 23.7 Å². The first-order valence-electron chi connectivity index (χ1n) is 8.22. The molecule has 0 atom stereocenters. The lowest BCUT2D eigenvalue weighted by Crippen LogP contribution is -2.32. The number of rotatable bonds is 10. The minimum absolute atomic E-state index is 0.125. The Bertz CT molecular complexity index is 752. The van der Waals surface area contributed by atoms with E-state index in [9.17, 15) is 9.59 Å². The van der Waals surface area contributed by atoms with E-state index in [-0.39, 0.29) is 12.5 Å². The minimum atomic E-state index is -0.138. The quantitative estimate of drug-likeness (QED) is 0.421. The second-order valence-electron chi connectivity index (χ2n) is 5.46. The summed E-state index contributed by atoms with van der Waals surface area (Å²) in [4.78, 5) is 30.6. The molecule has 1 aromatic rings. The number of nitrogens with zero attached hydrogens (tertiary/aromatic N) is 2. The standard InChI is InChI=1S/C19H24ClN5O2/c1-14(8-18(22-3)16(10-21-2)11-23-13-26)24-12-19(27)25-9-15-4-6-17(20)7-5-15/h4-8,10-11,13,24H,9,12H2,1-3H3,(H,23,26)(H,25,27)/b14-8+,16-11+,21-10?,22-18?. The van der Waals surface area contributed by atoms with Gasteiger partial charge in [-0.2, -0.15) is 0 Å². The predicted octanol–water partition coefficient (Wildman–Crippen LogP) is 1.85. The average molecular weight is 390 g/mol. The van der Waals surface area contributed by atoms with Crippen LogP contribution in [0.3, 0.4) is 0 Å². The molecule has 1 rings (SSSR count). The molecule has 144 valence electrons. The van der Waals surface area contributed by atoms with E-state index in [0.717, 1.165) is 11.3 Å². The maximum Gasteiger partial charge on any atom is 0.239 e. The fraction of sp³-hybridized carbons (Fsp3) is 0.263. The molecule has 0 bridgehead atoms. The van der Waals surface area contributed by atoms with Gasteiger partial charge >= 0.3 is 0 Å². The molecule has 2 amide bonds. The number of nitrogens with one attached hydrogen (secondary N) is 3. The molecule has 7 nitrogen and oxygen atoms in total. The van der Waals surface area contributed by atoms with Crippen molar-refractivity contribution < 1.29 is 9.59 Å². The van der Waals surface area contributed by atoms with Crippen LogP contribution in [0.2, 0.25) is 5.02 Å². The smallest absolute Gasteiger partial charge is 0.239 e. The molecule has 27 heavy (non-hydrogen) atoms. The summed E-state index contributed by atoms with van der Waals surface area (Å²) in [6, 6.07) is 7.29. The topological polar surface area (TPSA) is 95.0 Å². The Kier molecular flexibility index (Phi) is 10.2. The van der Waals surface area contributed by atoms with Gasteiger partial charge in [-0.05, 0) is 30.7 Å². The number of carbonyl (C=O) groups excluding carboxylic acids is 2. The predicted molar refractivity (Wildman–Crippen MR) is 110 cm³/mol. The van der Waals surface area contributed by atoms with Crippen LogP contribution in [0.1, 0.15) is 12.5 Å². The lowest BCUT2D eigenvalue weighted by Gasteiger charge is -2.09. The number of carbonyl (C=O) groups is 2. The summed E-state index contributed by atoms with van der Waals surface area (Å²) in [6.45, 7) is 2.38. The Balaban J connectivity index is 2.59. The molecule has 0 aliphatic rings. The van der Waals surface area contributed by atoms with Crippen molar-refractivity contribution >= 4 is 35.8 Å². The first-order valence-corrected chi connectivity index (χ1v) is 8.60. The van der Waals surface area contributed by atoms with Crippen molar-refractivity contribution in [3.05, 3.63) is 58.4 Å². The lowest BCUT2D eigenvalue weighted by atomic mass is 10.1. The summed E-state index contributed by atoms with van der Waals surface area (Å²) in [5.74, 6) is -0.138. The maximum atomic E-state index is 12.0. The molecule has 0 saturated heterocycles. The van der Waals surface area contributed by atoms with Crippen molar-refractivity contribution in [1.29, 1.82) is 0 Å². The number of hydrogen-bond donors (Lipinski definition) is 3. The van der Waals surface area contributed by atoms with E-state index in [2.05, 4.69) is 25.9 Å². The number of allylic oxidation sites excluding steroid dienone is 3. The van der Waals surface area contributed by atoms with Crippen molar-refractivity contribution in [2.24, 2.45) is 9.98 Å². The number of amides is 2. The molecule has 8 heteroatoms. The Morgan fingerprint density at radius 1 is 1.19 bits per heavy atom. The van der Waals surface area contributed by atoms with Gasteiger partial charge in [-0.3, -0.25) is 19.6 Å². The first kappa shape index (κ1) is 22.1. The highest BCUT2D eigenvalue weighted by molar-refractivity contribution is 6.30. The van der Waals surface area contributed by atoms with Gasteiger partial charge in [0.2, 0.25) is 12.3 Å². The molecule has 0 saturated carbocycles. The molecule has 3 N–H and O–H groups in total. The van der Waals surface area contributed by atoms with Crippen LogP contribution in [-0.4, -0.2) is 44.9 Å². The van der Waals surface area contributed by atoms with E-state index in [4.69, 9.17) is 11.6 Å². The molecular weight excluding hydrogens is 366 g/mol. The highest BCUT2D eigenvalue weighted by Gasteiger charge is 2.04. The van der Waals surface area contributed by atoms with Gasteiger partial charge in [-0.15, -0.1) is 0 Å². The normalized spacial score (nSPS) is 12.8. The number of aliphatic imine (C=N–C) groups is 2. The van der Waals surface area contributed by atoms with Crippen molar-refractivity contribution in [2.45, 2.75) is 13.5 Å². The van der Waals surface area contributed by atoms with E-state index in [1.54, 1.807) is 38.5 Å². The van der Waals surface area contributed by atoms with Crippen LogP contribution >= 0.6 is 11.6 Å². The van der Waals surface area contributed by atoms with E-state index in [0.29, 0.717) is 29.3 Å². The van der Waals surface area contributed by atoms with Crippen molar-refractivity contribution in [3.63, 3.8) is 0 Å². The third-order valence-electron chi connectivity index (χ3n) is 3.40. The summed E-state index contributed by atoms with van der Waals surface area (Å²) >= 11 is 5.84. The van der Waals surface area contributed by atoms with Gasteiger partial charge in [0.1, 0.15) is 0 Å². The van der Waals surface area contributed by atoms with Crippen LogP contribution in [-0.2, 0) is 16.1 Å². The van der Waals surface area contributed by atoms with E-state index in [1.807, 2.05) is 19.1 Å². The first-order chi connectivity index (χ1) is 13.0. The molecule has 0 spiro atoms. The summed E-state index contributed by atoms with van der Waals surface area (Å²) < 4.78 is 0. The number of benzene rings is 1. The lowest BCUT2D eigenvalue weighted by molar-refractivity contribution is -0.120. The average Bonchev–Trinajstić information content (AvgIpc) is 2.67. The Morgan fingerprint density at radius 2 is 1.89 bits per heavy atom. The van der Waals surface area contributed by atoms with Crippen LogP contribution in [0.5, 0.6) is 0 Å².